The molecule has 4 nitrogen and oxygen atoms in total. The van der Waals surface area contributed by atoms with E-state index in [2.05, 4.69) is 21.6 Å². The van der Waals surface area contributed by atoms with Gasteiger partial charge in [-0.2, -0.15) is 10.4 Å². The van der Waals surface area contributed by atoms with Gasteiger partial charge >= 0.3 is 0 Å². The van der Waals surface area contributed by atoms with Crippen molar-refractivity contribution >= 4 is 45.9 Å². The minimum Gasteiger partial charge on any atom is -0.277 e. The number of thiazole rings is 1. The Balaban J connectivity index is 1.83. The second kappa shape index (κ2) is 7.66. The number of nitriles is 1. The fraction of sp³-hybridized carbons (Fsp3) is 0.0556. The van der Waals surface area contributed by atoms with Crippen LogP contribution in [0.3, 0.4) is 0 Å². The number of hydrazone groups is 1. The van der Waals surface area contributed by atoms with Crippen molar-refractivity contribution < 1.29 is 0 Å². The zero-order chi connectivity index (χ0) is 17.8. The number of rotatable bonds is 4. The molecule has 1 N–H and O–H groups in total. The number of hydrogen-bond donors (Lipinski definition) is 1. The highest BCUT2D eigenvalue weighted by atomic mass is 35.5. The van der Waals surface area contributed by atoms with E-state index in [1.165, 1.54) is 11.3 Å². The van der Waals surface area contributed by atoms with Gasteiger partial charge in [-0.25, -0.2) is 4.98 Å². The minimum absolute atomic E-state index is 0.219. The number of anilines is 1. The van der Waals surface area contributed by atoms with Gasteiger partial charge in [0.2, 0.25) is 0 Å². The number of hydrogen-bond acceptors (Lipinski definition) is 5. The summed E-state index contributed by atoms with van der Waals surface area (Å²) in [5.74, 6) is 0. The summed E-state index contributed by atoms with van der Waals surface area (Å²) in [5, 5.41) is 16.9. The van der Waals surface area contributed by atoms with E-state index in [9.17, 15) is 5.26 Å². The Kier molecular flexibility index (Phi) is 5.34. The Hall–Kier alpha value is -2.39. The molecule has 0 radical (unpaired) electrons. The van der Waals surface area contributed by atoms with E-state index in [-0.39, 0.29) is 5.71 Å². The maximum Gasteiger partial charge on any atom is 0.196 e. The molecule has 0 atom stereocenters. The molecule has 0 amide bonds. The summed E-state index contributed by atoms with van der Waals surface area (Å²) in [6.07, 6.45) is 0. The number of nitrogens with zero attached hydrogens (tertiary/aromatic N) is 3. The van der Waals surface area contributed by atoms with Crippen molar-refractivity contribution in [1.29, 1.82) is 5.26 Å². The van der Waals surface area contributed by atoms with Crippen LogP contribution in [0.1, 0.15) is 10.6 Å². The molecule has 7 heteroatoms. The van der Waals surface area contributed by atoms with Crippen LogP contribution < -0.4 is 5.43 Å². The summed E-state index contributed by atoms with van der Waals surface area (Å²) in [7, 11) is 0. The van der Waals surface area contributed by atoms with Crippen LogP contribution in [0, 0.1) is 18.3 Å². The van der Waals surface area contributed by atoms with Crippen molar-refractivity contribution in [2.45, 2.75) is 6.92 Å². The van der Waals surface area contributed by atoms with Crippen LogP contribution in [0.25, 0.3) is 11.3 Å². The van der Waals surface area contributed by atoms with Gasteiger partial charge in [-0.15, -0.1) is 11.3 Å². The first-order valence-corrected chi connectivity index (χ1v) is 8.92. The topological polar surface area (TPSA) is 61.1 Å². The molecular formula is C18H12Cl2N4S. The van der Waals surface area contributed by atoms with E-state index in [1.54, 1.807) is 12.1 Å². The smallest absolute Gasteiger partial charge is 0.196 e. The van der Waals surface area contributed by atoms with E-state index in [0.29, 0.717) is 15.1 Å². The number of benzene rings is 2. The maximum absolute atomic E-state index is 9.37. The van der Waals surface area contributed by atoms with E-state index in [4.69, 9.17) is 23.2 Å². The average molecular weight is 387 g/mol. The third-order valence-corrected chi connectivity index (χ3v) is 4.96. The van der Waals surface area contributed by atoms with Crippen LogP contribution in [0.2, 0.25) is 10.0 Å². The number of aromatic nitrogens is 1. The van der Waals surface area contributed by atoms with Crippen molar-refractivity contribution in [2.75, 3.05) is 5.43 Å². The molecule has 0 aliphatic heterocycles. The van der Waals surface area contributed by atoms with E-state index in [0.717, 1.165) is 22.5 Å². The van der Waals surface area contributed by atoms with Crippen LogP contribution in [0.5, 0.6) is 0 Å². The van der Waals surface area contributed by atoms with E-state index in [1.807, 2.05) is 42.6 Å². The van der Waals surface area contributed by atoms with Gasteiger partial charge in [0, 0.05) is 10.9 Å². The molecule has 124 valence electrons. The van der Waals surface area contributed by atoms with Gasteiger partial charge in [0.25, 0.3) is 0 Å². The van der Waals surface area contributed by atoms with E-state index >= 15 is 0 Å². The average Bonchev–Trinajstić information content (AvgIpc) is 3.09. The fourth-order valence-corrected chi connectivity index (χ4v) is 3.10. The van der Waals surface area contributed by atoms with Gasteiger partial charge in [0.15, 0.2) is 10.7 Å². The van der Waals surface area contributed by atoms with Crippen LogP contribution in [-0.4, -0.2) is 10.7 Å². The summed E-state index contributed by atoms with van der Waals surface area (Å²) < 4.78 is 0. The lowest BCUT2D eigenvalue weighted by Crippen LogP contribution is -2.01. The summed E-state index contributed by atoms with van der Waals surface area (Å²) in [6, 6.07) is 15.1. The molecule has 3 rings (SSSR count). The fourth-order valence-electron chi connectivity index (χ4n) is 2.04. The molecule has 3 aromatic rings. The zero-order valence-electron chi connectivity index (χ0n) is 13.1. The normalized spacial score (nSPS) is 11.2. The molecule has 0 aliphatic rings. The predicted molar refractivity (Wildman–Crippen MR) is 105 cm³/mol. The number of nitrogens with one attached hydrogen (secondary N) is 1. The highest BCUT2D eigenvalue weighted by Gasteiger charge is 2.11. The SMILES string of the molecule is Cc1ccc(NN=C(C#N)c2nc(-c3ccc(Cl)c(Cl)c3)cs2)cc1. The Morgan fingerprint density at radius 1 is 1.16 bits per heavy atom. The Morgan fingerprint density at radius 2 is 1.92 bits per heavy atom. The summed E-state index contributed by atoms with van der Waals surface area (Å²) in [4.78, 5) is 4.47. The van der Waals surface area contributed by atoms with Gasteiger partial charge in [0.1, 0.15) is 6.07 Å². The summed E-state index contributed by atoms with van der Waals surface area (Å²) >= 11 is 13.3. The lowest BCUT2D eigenvalue weighted by Gasteiger charge is -2.01. The first-order chi connectivity index (χ1) is 12.1. The second-order valence-electron chi connectivity index (χ2n) is 5.22. The van der Waals surface area contributed by atoms with Crippen molar-refractivity contribution in [3.05, 3.63) is 68.5 Å². The number of halogens is 2. The maximum atomic E-state index is 9.37. The van der Waals surface area contributed by atoms with Crippen LogP contribution in [0.15, 0.2) is 52.9 Å². The largest absolute Gasteiger partial charge is 0.277 e. The minimum atomic E-state index is 0.219. The van der Waals surface area contributed by atoms with Crippen LogP contribution in [-0.2, 0) is 0 Å². The lowest BCUT2D eigenvalue weighted by atomic mass is 10.2. The standard InChI is InChI=1S/C18H12Cl2N4S/c1-11-2-5-13(6-3-11)23-24-16(9-21)18-22-17(10-25-18)12-4-7-14(19)15(20)8-12/h2-8,10,23H,1H3. The van der Waals surface area contributed by atoms with Crippen molar-refractivity contribution in [1.82, 2.24) is 4.98 Å². The second-order valence-corrected chi connectivity index (χ2v) is 6.89. The third kappa shape index (κ3) is 4.18. The molecule has 0 fully saturated rings. The van der Waals surface area contributed by atoms with Gasteiger partial charge in [-0.3, -0.25) is 5.43 Å². The molecule has 0 spiro atoms. The van der Waals surface area contributed by atoms with Gasteiger partial charge in [0.05, 0.1) is 21.4 Å². The number of aryl methyl sites for hydroxylation is 1. The molecule has 0 saturated heterocycles. The molecule has 1 aromatic heterocycles. The van der Waals surface area contributed by atoms with Crippen LogP contribution >= 0.6 is 34.5 Å². The molecule has 0 bridgehead atoms. The monoisotopic (exact) mass is 386 g/mol. The highest BCUT2D eigenvalue weighted by Crippen LogP contribution is 2.29. The lowest BCUT2D eigenvalue weighted by molar-refractivity contribution is 1.30. The molecular weight excluding hydrogens is 375 g/mol. The third-order valence-electron chi connectivity index (χ3n) is 3.38. The molecule has 0 saturated carbocycles. The Bertz CT molecular complexity index is 971. The molecule has 0 unspecified atom stereocenters. The highest BCUT2D eigenvalue weighted by molar-refractivity contribution is 7.12. The van der Waals surface area contributed by atoms with Crippen molar-refractivity contribution in [3.63, 3.8) is 0 Å². The molecule has 25 heavy (non-hydrogen) atoms. The summed E-state index contributed by atoms with van der Waals surface area (Å²) in [6.45, 7) is 2.01. The first kappa shape index (κ1) is 17.4. The Labute approximate surface area is 159 Å². The van der Waals surface area contributed by atoms with Gasteiger partial charge < -0.3 is 0 Å². The Morgan fingerprint density at radius 3 is 2.60 bits per heavy atom. The molecule has 2 aromatic carbocycles. The predicted octanol–water partition coefficient (Wildman–Crippen LogP) is 5.77. The van der Waals surface area contributed by atoms with Crippen molar-refractivity contribution in [2.24, 2.45) is 5.10 Å². The van der Waals surface area contributed by atoms with E-state index < -0.39 is 0 Å². The molecule has 1 heterocycles. The quantitative estimate of drug-likeness (QED) is 0.457. The zero-order valence-corrected chi connectivity index (χ0v) is 15.5. The van der Waals surface area contributed by atoms with Gasteiger partial charge in [-0.1, -0.05) is 47.0 Å². The summed E-state index contributed by atoms with van der Waals surface area (Å²) in [5.41, 5.74) is 6.61. The molecule has 0 aliphatic carbocycles. The van der Waals surface area contributed by atoms with Crippen molar-refractivity contribution in [3.8, 4) is 17.3 Å². The van der Waals surface area contributed by atoms with Crippen LogP contribution in [0.4, 0.5) is 5.69 Å². The first-order valence-electron chi connectivity index (χ1n) is 7.28. The van der Waals surface area contributed by atoms with Gasteiger partial charge in [-0.05, 0) is 31.2 Å².